The molecule has 2 aliphatic heterocycles. The molecule has 26 heavy (non-hydrogen) atoms. The molecule has 0 aromatic heterocycles. The Balaban J connectivity index is 1.80. The highest BCUT2D eigenvalue weighted by Gasteiger charge is 2.38. The number of rotatable bonds is 6. The third kappa shape index (κ3) is 3.96. The summed E-state index contributed by atoms with van der Waals surface area (Å²) in [7, 11) is 0. The van der Waals surface area contributed by atoms with Crippen molar-refractivity contribution in [2.45, 2.75) is 31.3 Å². The first-order valence-electron chi connectivity index (χ1n) is 8.93. The monoisotopic (exact) mass is 360 g/mol. The molecule has 0 bridgehead atoms. The maximum absolute atomic E-state index is 12.5. The first-order chi connectivity index (χ1) is 12.6. The zero-order valence-corrected chi connectivity index (χ0v) is 14.5. The molecule has 2 fully saturated rings. The number of hydrogen-bond donors (Lipinski definition) is 4. The Bertz CT molecular complexity index is 688. The molecule has 2 heterocycles. The zero-order chi connectivity index (χ0) is 18.5. The molecule has 8 nitrogen and oxygen atoms in total. The fraction of sp³-hybridized carbons (Fsp3) is 0.500. The molecule has 2 aliphatic rings. The number of carbonyl (C=O) groups is 3. The van der Waals surface area contributed by atoms with Crippen molar-refractivity contribution in [3.8, 4) is 0 Å². The molecule has 1 aromatic carbocycles. The van der Waals surface area contributed by atoms with Crippen molar-refractivity contribution in [1.82, 2.24) is 20.9 Å². The van der Waals surface area contributed by atoms with Crippen LogP contribution in [0.3, 0.4) is 0 Å². The highest BCUT2D eigenvalue weighted by molar-refractivity contribution is 5.96. The Hall–Kier alpha value is -2.61. The van der Waals surface area contributed by atoms with Crippen LogP contribution in [0.5, 0.6) is 0 Å². The third-order valence-corrected chi connectivity index (χ3v) is 4.91. The highest BCUT2D eigenvalue weighted by atomic mass is 16.4. The number of nitrogens with zero attached hydrogens (tertiary/aromatic N) is 1. The Morgan fingerprint density at radius 1 is 1.23 bits per heavy atom. The number of benzene rings is 1. The van der Waals surface area contributed by atoms with E-state index in [9.17, 15) is 14.4 Å². The van der Waals surface area contributed by atoms with Gasteiger partial charge < -0.3 is 26.0 Å². The summed E-state index contributed by atoms with van der Waals surface area (Å²) in [5.41, 5.74) is 1.27. The number of hydrogen-bond acceptors (Lipinski definition) is 4. The molecular formula is C18H24N4O4. The normalized spacial score (nSPS) is 20.7. The second-order valence-corrected chi connectivity index (χ2v) is 6.58. The van der Waals surface area contributed by atoms with Gasteiger partial charge in [0.05, 0.1) is 12.5 Å². The number of amides is 3. The fourth-order valence-corrected chi connectivity index (χ4v) is 3.65. The Morgan fingerprint density at radius 2 is 1.96 bits per heavy atom. The molecule has 1 unspecified atom stereocenters. The minimum absolute atomic E-state index is 0.0718. The minimum Gasteiger partial charge on any atom is -0.481 e. The smallest absolute Gasteiger partial charge is 0.318 e. The predicted octanol–water partition coefficient (Wildman–Crippen LogP) is 0.709. The molecule has 0 radical (unpaired) electrons. The largest absolute Gasteiger partial charge is 0.481 e. The first-order valence-corrected chi connectivity index (χ1v) is 8.93. The lowest BCUT2D eigenvalue weighted by atomic mass is 9.96. The summed E-state index contributed by atoms with van der Waals surface area (Å²) in [6.45, 7) is 2.28. The van der Waals surface area contributed by atoms with Crippen molar-refractivity contribution in [2.75, 3.05) is 26.2 Å². The number of carbonyl (C=O) groups excluding carboxylic acids is 2. The molecule has 1 aromatic rings. The van der Waals surface area contributed by atoms with E-state index in [-0.39, 0.29) is 37.0 Å². The van der Waals surface area contributed by atoms with Crippen LogP contribution in [-0.4, -0.2) is 60.1 Å². The van der Waals surface area contributed by atoms with Gasteiger partial charge in [-0.3, -0.25) is 9.59 Å². The van der Waals surface area contributed by atoms with E-state index >= 15 is 0 Å². The average molecular weight is 360 g/mol. The summed E-state index contributed by atoms with van der Waals surface area (Å²) >= 11 is 0. The van der Waals surface area contributed by atoms with Gasteiger partial charge in [-0.2, -0.15) is 0 Å². The van der Waals surface area contributed by atoms with Crippen LogP contribution in [-0.2, 0) is 4.79 Å². The molecule has 0 spiro atoms. The molecular weight excluding hydrogens is 336 g/mol. The Labute approximate surface area is 151 Å². The maximum Gasteiger partial charge on any atom is 0.318 e. The third-order valence-electron chi connectivity index (χ3n) is 4.91. The zero-order valence-electron chi connectivity index (χ0n) is 14.5. The van der Waals surface area contributed by atoms with E-state index in [0.717, 1.165) is 31.5 Å². The highest BCUT2D eigenvalue weighted by Crippen LogP contribution is 2.31. The van der Waals surface area contributed by atoms with Gasteiger partial charge in [0.15, 0.2) is 0 Å². The SMILES string of the molecule is O=C(O)CCNC(=O)c1ccccc1C1CNC(=O)N1C1CCNCC1. The first kappa shape index (κ1) is 18.2. The second-order valence-electron chi connectivity index (χ2n) is 6.58. The van der Waals surface area contributed by atoms with Crippen molar-refractivity contribution >= 4 is 17.9 Å². The van der Waals surface area contributed by atoms with Gasteiger partial charge in [-0.25, -0.2) is 4.79 Å². The van der Waals surface area contributed by atoms with Crippen LogP contribution in [0.1, 0.15) is 41.2 Å². The van der Waals surface area contributed by atoms with Crippen molar-refractivity contribution in [1.29, 1.82) is 0 Å². The molecule has 3 amide bonds. The molecule has 0 saturated carbocycles. The summed E-state index contributed by atoms with van der Waals surface area (Å²) in [4.78, 5) is 37.4. The number of carboxylic acids is 1. The van der Waals surface area contributed by atoms with Gasteiger partial charge in [0, 0.05) is 24.7 Å². The number of urea groups is 1. The number of nitrogens with one attached hydrogen (secondary N) is 3. The van der Waals surface area contributed by atoms with E-state index in [1.807, 2.05) is 17.0 Å². The lowest BCUT2D eigenvalue weighted by molar-refractivity contribution is -0.136. The Morgan fingerprint density at radius 3 is 2.69 bits per heavy atom. The summed E-state index contributed by atoms with van der Waals surface area (Å²) in [5.74, 6) is -1.27. The van der Waals surface area contributed by atoms with E-state index in [1.54, 1.807) is 12.1 Å². The lowest BCUT2D eigenvalue weighted by Gasteiger charge is -2.35. The van der Waals surface area contributed by atoms with Gasteiger partial charge in [-0.15, -0.1) is 0 Å². The topological polar surface area (TPSA) is 111 Å². The Kier molecular flexibility index (Phi) is 5.72. The van der Waals surface area contributed by atoms with Gasteiger partial charge in [0.25, 0.3) is 5.91 Å². The number of piperidine rings is 1. The lowest BCUT2D eigenvalue weighted by Crippen LogP contribution is -2.45. The van der Waals surface area contributed by atoms with E-state index in [4.69, 9.17) is 5.11 Å². The molecule has 3 rings (SSSR count). The van der Waals surface area contributed by atoms with Crippen LogP contribution in [0.2, 0.25) is 0 Å². The van der Waals surface area contributed by atoms with Crippen LogP contribution in [0, 0.1) is 0 Å². The standard InChI is InChI=1S/C18H24N4O4/c23-16(24)7-10-20-17(25)14-4-2-1-3-13(14)15-11-21-18(26)22(15)12-5-8-19-9-6-12/h1-4,12,15,19H,5-11H2,(H,20,25)(H,21,26)(H,23,24). The van der Waals surface area contributed by atoms with Gasteiger partial charge in [0.1, 0.15) is 0 Å². The quantitative estimate of drug-likeness (QED) is 0.597. The molecule has 8 heteroatoms. The van der Waals surface area contributed by atoms with Crippen molar-refractivity contribution < 1.29 is 19.5 Å². The molecule has 140 valence electrons. The van der Waals surface area contributed by atoms with Crippen LogP contribution < -0.4 is 16.0 Å². The fourth-order valence-electron chi connectivity index (χ4n) is 3.65. The van der Waals surface area contributed by atoms with E-state index in [1.165, 1.54) is 0 Å². The van der Waals surface area contributed by atoms with Crippen molar-refractivity contribution in [3.63, 3.8) is 0 Å². The minimum atomic E-state index is -0.957. The van der Waals surface area contributed by atoms with Crippen LogP contribution in [0.25, 0.3) is 0 Å². The van der Waals surface area contributed by atoms with Crippen molar-refractivity contribution in [2.24, 2.45) is 0 Å². The number of carboxylic acid groups (broad SMARTS) is 1. The predicted molar refractivity (Wildman–Crippen MR) is 94.9 cm³/mol. The summed E-state index contributed by atoms with van der Waals surface area (Å²) in [6, 6.07) is 7.06. The van der Waals surface area contributed by atoms with E-state index < -0.39 is 5.97 Å². The van der Waals surface area contributed by atoms with Gasteiger partial charge >= 0.3 is 12.0 Å². The van der Waals surface area contributed by atoms with Gasteiger partial charge in [-0.1, -0.05) is 18.2 Å². The van der Waals surface area contributed by atoms with Gasteiger partial charge in [-0.05, 0) is 37.6 Å². The van der Waals surface area contributed by atoms with Gasteiger partial charge in [0.2, 0.25) is 0 Å². The summed E-state index contributed by atoms with van der Waals surface area (Å²) < 4.78 is 0. The summed E-state index contributed by atoms with van der Waals surface area (Å²) in [5, 5.41) is 17.6. The maximum atomic E-state index is 12.5. The average Bonchev–Trinajstić information content (AvgIpc) is 3.03. The molecule has 0 aliphatic carbocycles. The number of aliphatic carboxylic acids is 1. The molecule has 2 saturated heterocycles. The summed E-state index contributed by atoms with van der Waals surface area (Å²) in [6.07, 6.45) is 1.65. The molecule has 4 N–H and O–H groups in total. The van der Waals surface area contributed by atoms with Crippen LogP contribution in [0.15, 0.2) is 24.3 Å². The van der Waals surface area contributed by atoms with Crippen LogP contribution >= 0.6 is 0 Å². The molecule has 1 atom stereocenters. The second kappa shape index (κ2) is 8.18. The van der Waals surface area contributed by atoms with Crippen molar-refractivity contribution in [3.05, 3.63) is 35.4 Å². The van der Waals surface area contributed by atoms with E-state index in [0.29, 0.717) is 12.1 Å². The van der Waals surface area contributed by atoms with E-state index in [2.05, 4.69) is 16.0 Å². The van der Waals surface area contributed by atoms with Crippen LogP contribution in [0.4, 0.5) is 4.79 Å².